The summed E-state index contributed by atoms with van der Waals surface area (Å²) < 4.78 is 5.76. The van der Waals surface area contributed by atoms with Crippen LogP contribution in [0.15, 0.2) is 10.7 Å². The van der Waals surface area contributed by atoms with Crippen LogP contribution in [0.5, 0.6) is 0 Å². The monoisotopic (exact) mass is 244 g/mol. The molecule has 3 aliphatic carbocycles. The number of Topliss-reactive ketones (excluding diaryl/α,β-unsaturated/α-hetero) is 1. The lowest BCUT2D eigenvalue weighted by atomic mass is 9.54. The molecule has 3 aliphatic rings. The van der Waals surface area contributed by atoms with E-state index in [0.717, 1.165) is 19.3 Å². The van der Waals surface area contributed by atoms with Crippen LogP contribution in [-0.4, -0.2) is 5.78 Å². The Hall–Kier alpha value is -1.05. The number of rotatable bonds is 0. The van der Waals surface area contributed by atoms with Crippen molar-refractivity contribution in [2.75, 3.05) is 0 Å². The first kappa shape index (κ1) is 10.8. The summed E-state index contributed by atoms with van der Waals surface area (Å²) >= 11 is 0. The molecule has 0 N–H and O–H groups in total. The van der Waals surface area contributed by atoms with Crippen LogP contribution in [0.25, 0.3) is 0 Å². The molecule has 0 bridgehead atoms. The molecule has 2 nitrogen and oxygen atoms in total. The fourth-order valence-electron chi connectivity index (χ4n) is 5.17. The quantitative estimate of drug-likeness (QED) is 0.697. The molecule has 0 saturated heterocycles. The van der Waals surface area contributed by atoms with Gasteiger partial charge in [0.2, 0.25) is 0 Å². The summed E-state index contributed by atoms with van der Waals surface area (Å²) in [4.78, 5) is 12.4. The molecule has 2 fully saturated rings. The summed E-state index contributed by atoms with van der Waals surface area (Å²) in [6, 6.07) is 0. The van der Waals surface area contributed by atoms with Gasteiger partial charge in [0.05, 0.1) is 6.26 Å². The van der Waals surface area contributed by atoms with E-state index in [0.29, 0.717) is 23.5 Å². The Kier molecular flexibility index (Phi) is 1.98. The van der Waals surface area contributed by atoms with Crippen LogP contribution < -0.4 is 0 Å². The van der Waals surface area contributed by atoms with Crippen molar-refractivity contribution in [3.8, 4) is 0 Å². The Labute approximate surface area is 108 Å². The van der Waals surface area contributed by atoms with Crippen molar-refractivity contribution in [2.24, 2.45) is 17.3 Å². The predicted molar refractivity (Wildman–Crippen MR) is 68.5 cm³/mol. The molecule has 0 amide bonds. The van der Waals surface area contributed by atoms with Gasteiger partial charge >= 0.3 is 0 Å². The molecule has 0 aliphatic heterocycles. The van der Waals surface area contributed by atoms with Crippen molar-refractivity contribution in [2.45, 2.75) is 51.9 Å². The summed E-state index contributed by atoms with van der Waals surface area (Å²) in [5.74, 6) is 3.10. The first-order valence-corrected chi connectivity index (χ1v) is 7.22. The highest BCUT2D eigenvalue weighted by molar-refractivity contribution is 5.86. The number of furan rings is 1. The van der Waals surface area contributed by atoms with E-state index < -0.39 is 0 Å². The standard InChI is InChI=1S/C16H20O2/c1-9-8-18-14-6-10-4-3-5-11-13(17)7-12(15(9)14)16(10,11)2/h8,10-12H,3-7H2,1-2H3/t10-,11+,12+,16+/m1/s1. The summed E-state index contributed by atoms with van der Waals surface area (Å²) in [6.07, 6.45) is 7.32. The molecule has 0 radical (unpaired) electrons. The van der Waals surface area contributed by atoms with E-state index in [-0.39, 0.29) is 5.41 Å². The first-order chi connectivity index (χ1) is 8.62. The zero-order valence-electron chi connectivity index (χ0n) is 11.2. The van der Waals surface area contributed by atoms with Crippen LogP contribution in [-0.2, 0) is 11.2 Å². The van der Waals surface area contributed by atoms with Crippen molar-refractivity contribution in [3.63, 3.8) is 0 Å². The number of ketones is 1. The molecule has 18 heavy (non-hydrogen) atoms. The zero-order chi connectivity index (χ0) is 12.5. The SMILES string of the molecule is Cc1coc2c1[C@@H]1CC(=O)[C@@H]3CCC[C@H](C2)[C@@]31C. The molecular weight excluding hydrogens is 224 g/mol. The Morgan fingerprint density at radius 3 is 2.94 bits per heavy atom. The number of carbonyl (C=O) groups is 1. The summed E-state index contributed by atoms with van der Waals surface area (Å²) in [5.41, 5.74) is 2.86. The Balaban J connectivity index is 1.93. The van der Waals surface area contributed by atoms with Crippen LogP contribution in [0.3, 0.4) is 0 Å². The molecule has 0 spiro atoms. The molecule has 4 rings (SSSR count). The summed E-state index contributed by atoms with van der Waals surface area (Å²) in [6.45, 7) is 4.51. The van der Waals surface area contributed by atoms with E-state index in [9.17, 15) is 4.79 Å². The van der Waals surface area contributed by atoms with Crippen LogP contribution in [0, 0.1) is 24.2 Å². The molecule has 4 atom stereocenters. The third-order valence-corrected chi connectivity index (χ3v) is 6.10. The van der Waals surface area contributed by atoms with Crippen molar-refractivity contribution in [3.05, 3.63) is 23.2 Å². The largest absolute Gasteiger partial charge is 0.469 e. The van der Waals surface area contributed by atoms with Crippen LogP contribution in [0.4, 0.5) is 0 Å². The fourth-order valence-corrected chi connectivity index (χ4v) is 5.17. The highest BCUT2D eigenvalue weighted by Crippen LogP contribution is 2.64. The minimum Gasteiger partial charge on any atom is -0.469 e. The van der Waals surface area contributed by atoms with Crippen molar-refractivity contribution in [1.82, 2.24) is 0 Å². The van der Waals surface area contributed by atoms with Gasteiger partial charge in [-0.05, 0) is 36.7 Å². The van der Waals surface area contributed by atoms with Gasteiger partial charge in [0.25, 0.3) is 0 Å². The minimum atomic E-state index is 0.219. The molecule has 1 aromatic rings. The van der Waals surface area contributed by atoms with E-state index in [1.165, 1.54) is 29.7 Å². The van der Waals surface area contributed by atoms with Gasteiger partial charge in [-0.1, -0.05) is 13.3 Å². The molecule has 2 saturated carbocycles. The van der Waals surface area contributed by atoms with Gasteiger partial charge in [0.15, 0.2) is 0 Å². The highest BCUT2D eigenvalue weighted by Gasteiger charge is 2.60. The van der Waals surface area contributed by atoms with E-state index in [1.807, 2.05) is 6.26 Å². The van der Waals surface area contributed by atoms with E-state index in [4.69, 9.17) is 4.42 Å². The van der Waals surface area contributed by atoms with Crippen LogP contribution in [0.2, 0.25) is 0 Å². The maximum absolute atomic E-state index is 12.4. The second kappa shape index (κ2) is 3.28. The second-order valence-electron chi connectivity index (χ2n) is 6.73. The van der Waals surface area contributed by atoms with Gasteiger partial charge in [0.1, 0.15) is 11.5 Å². The number of carbonyl (C=O) groups excluding carboxylic acids is 1. The number of fused-ring (bicyclic) bond motifs is 2. The third-order valence-electron chi connectivity index (χ3n) is 6.10. The van der Waals surface area contributed by atoms with Gasteiger partial charge in [-0.25, -0.2) is 0 Å². The zero-order valence-corrected chi connectivity index (χ0v) is 11.2. The van der Waals surface area contributed by atoms with Crippen LogP contribution >= 0.6 is 0 Å². The van der Waals surface area contributed by atoms with E-state index in [2.05, 4.69) is 13.8 Å². The summed E-state index contributed by atoms with van der Waals surface area (Å²) in [7, 11) is 0. The number of hydrogen-bond acceptors (Lipinski definition) is 2. The molecule has 0 aromatic carbocycles. The fraction of sp³-hybridized carbons (Fsp3) is 0.688. The van der Waals surface area contributed by atoms with Gasteiger partial charge < -0.3 is 4.42 Å². The number of aryl methyl sites for hydroxylation is 1. The van der Waals surface area contributed by atoms with Gasteiger partial charge in [0, 0.05) is 30.2 Å². The van der Waals surface area contributed by atoms with Gasteiger partial charge in [-0.15, -0.1) is 0 Å². The number of hydrogen-bond donors (Lipinski definition) is 0. The topological polar surface area (TPSA) is 30.2 Å². The van der Waals surface area contributed by atoms with Crippen molar-refractivity contribution < 1.29 is 9.21 Å². The average molecular weight is 244 g/mol. The highest BCUT2D eigenvalue weighted by atomic mass is 16.3. The lowest BCUT2D eigenvalue weighted by Gasteiger charge is -2.49. The minimum absolute atomic E-state index is 0.219. The van der Waals surface area contributed by atoms with Gasteiger partial charge in [-0.3, -0.25) is 4.79 Å². The second-order valence-corrected chi connectivity index (χ2v) is 6.73. The third kappa shape index (κ3) is 1.08. The maximum Gasteiger partial charge on any atom is 0.137 e. The van der Waals surface area contributed by atoms with E-state index >= 15 is 0 Å². The van der Waals surface area contributed by atoms with Gasteiger partial charge in [-0.2, -0.15) is 0 Å². The smallest absolute Gasteiger partial charge is 0.137 e. The molecule has 0 unspecified atom stereocenters. The predicted octanol–water partition coefficient (Wildman–Crippen LogP) is 3.62. The Bertz CT molecular complexity index is 527. The maximum atomic E-state index is 12.4. The molecule has 1 aromatic heterocycles. The molecule has 1 heterocycles. The van der Waals surface area contributed by atoms with Crippen molar-refractivity contribution in [1.29, 1.82) is 0 Å². The first-order valence-electron chi connectivity index (χ1n) is 7.22. The molecule has 96 valence electrons. The lowest BCUT2D eigenvalue weighted by molar-refractivity contribution is -0.124. The summed E-state index contributed by atoms with van der Waals surface area (Å²) in [5, 5.41) is 0. The van der Waals surface area contributed by atoms with Crippen LogP contribution in [0.1, 0.15) is 55.4 Å². The van der Waals surface area contributed by atoms with E-state index in [1.54, 1.807) is 0 Å². The molecule has 2 heteroatoms. The average Bonchev–Trinajstić information content (AvgIpc) is 2.81. The van der Waals surface area contributed by atoms with Crippen molar-refractivity contribution >= 4 is 5.78 Å². The lowest BCUT2D eigenvalue weighted by Crippen LogP contribution is -2.44. The Morgan fingerprint density at radius 2 is 2.11 bits per heavy atom. The normalized spacial score (nSPS) is 41.7. The Morgan fingerprint density at radius 1 is 1.28 bits per heavy atom. The molecular formula is C16H20O2.